The van der Waals surface area contributed by atoms with Gasteiger partial charge in [-0.05, 0) is 32.9 Å². The van der Waals surface area contributed by atoms with Crippen molar-refractivity contribution in [3.63, 3.8) is 0 Å². The Morgan fingerprint density at radius 3 is 2.75 bits per heavy atom. The first-order valence-corrected chi connectivity index (χ1v) is 9.12. The van der Waals surface area contributed by atoms with Crippen LogP contribution in [0, 0.1) is 6.92 Å². The fourth-order valence-corrected chi connectivity index (χ4v) is 4.48. The first-order valence-electron chi connectivity index (χ1n) is 6.82. The van der Waals surface area contributed by atoms with E-state index in [0.717, 1.165) is 22.8 Å². The van der Waals surface area contributed by atoms with Crippen LogP contribution in [0.5, 0.6) is 0 Å². The average molecular weight is 320 g/mol. The van der Waals surface area contributed by atoms with Gasteiger partial charge in [0, 0.05) is 36.1 Å². The summed E-state index contributed by atoms with van der Waals surface area (Å²) in [6.07, 6.45) is 1.67. The van der Waals surface area contributed by atoms with Gasteiger partial charge < -0.3 is 10.1 Å². The molecular formula is C13H24N2O3S2. The molecule has 1 aromatic rings. The zero-order chi connectivity index (χ0) is 15.0. The van der Waals surface area contributed by atoms with Gasteiger partial charge >= 0.3 is 0 Å². The highest BCUT2D eigenvalue weighted by molar-refractivity contribution is 7.89. The van der Waals surface area contributed by atoms with Crippen molar-refractivity contribution in [3.05, 3.63) is 15.8 Å². The predicted molar refractivity (Wildman–Crippen MR) is 82.7 cm³/mol. The summed E-state index contributed by atoms with van der Waals surface area (Å²) >= 11 is 1.51. The van der Waals surface area contributed by atoms with Crippen molar-refractivity contribution in [1.29, 1.82) is 0 Å². The van der Waals surface area contributed by atoms with Crippen molar-refractivity contribution in [3.8, 4) is 0 Å². The smallest absolute Gasteiger partial charge is 0.241 e. The average Bonchev–Trinajstić information content (AvgIpc) is 2.76. The largest absolute Gasteiger partial charge is 0.381 e. The van der Waals surface area contributed by atoms with E-state index in [2.05, 4.69) is 10.0 Å². The highest BCUT2D eigenvalue weighted by Crippen LogP contribution is 2.25. The summed E-state index contributed by atoms with van der Waals surface area (Å²) in [7, 11) is -1.56. The summed E-state index contributed by atoms with van der Waals surface area (Å²) in [5.41, 5.74) is 0. The van der Waals surface area contributed by atoms with Gasteiger partial charge in [-0.3, -0.25) is 0 Å². The molecule has 0 saturated heterocycles. The third kappa shape index (κ3) is 5.49. The van der Waals surface area contributed by atoms with E-state index in [4.69, 9.17) is 4.74 Å². The van der Waals surface area contributed by atoms with E-state index >= 15 is 0 Å². The molecule has 0 unspecified atom stereocenters. The van der Waals surface area contributed by atoms with Crippen LogP contribution in [-0.2, 0) is 21.3 Å². The number of sulfonamides is 1. The Kier molecular flexibility index (Phi) is 7.68. The quantitative estimate of drug-likeness (QED) is 0.646. The standard InChI is InChI=1S/C13H24N2O3S2/c1-4-7-18-8-5-6-15-20(16,17)13-9-12(10-14-3)19-11(13)2/h9,14-15H,4-8,10H2,1-3H3. The molecule has 0 bridgehead atoms. The van der Waals surface area contributed by atoms with E-state index in [1.165, 1.54) is 11.3 Å². The highest BCUT2D eigenvalue weighted by Gasteiger charge is 2.19. The van der Waals surface area contributed by atoms with Crippen LogP contribution in [0.2, 0.25) is 0 Å². The molecule has 1 aromatic heterocycles. The molecule has 0 aliphatic rings. The molecule has 1 heterocycles. The van der Waals surface area contributed by atoms with Crippen molar-refractivity contribution < 1.29 is 13.2 Å². The second-order valence-corrected chi connectivity index (χ2v) is 7.60. The van der Waals surface area contributed by atoms with Gasteiger partial charge in [-0.2, -0.15) is 0 Å². The number of nitrogens with one attached hydrogen (secondary N) is 2. The van der Waals surface area contributed by atoms with Gasteiger partial charge in [-0.15, -0.1) is 11.3 Å². The Morgan fingerprint density at radius 2 is 2.10 bits per heavy atom. The molecule has 0 spiro atoms. The number of ether oxygens (including phenoxy) is 1. The van der Waals surface area contributed by atoms with Gasteiger partial charge in [0.1, 0.15) is 0 Å². The first-order chi connectivity index (χ1) is 9.51. The molecule has 1 rings (SSSR count). The molecule has 0 amide bonds. The van der Waals surface area contributed by atoms with Crippen LogP contribution in [0.1, 0.15) is 29.5 Å². The molecule has 116 valence electrons. The fraction of sp³-hybridized carbons (Fsp3) is 0.692. The first kappa shape index (κ1) is 17.6. The van der Waals surface area contributed by atoms with Crippen molar-refractivity contribution in [1.82, 2.24) is 10.0 Å². The lowest BCUT2D eigenvalue weighted by atomic mass is 10.4. The Balaban J connectivity index is 2.51. The van der Waals surface area contributed by atoms with Crippen molar-refractivity contribution in [2.75, 3.05) is 26.8 Å². The topological polar surface area (TPSA) is 67.4 Å². The maximum Gasteiger partial charge on any atom is 0.241 e. The highest BCUT2D eigenvalue weighted by atomic mass is 32.2. The van der Waals surface area contributed by atoms with E-state index in [0.29, 0.717) is 31.0 Å². The third-order valence-corrected chi connectivity index (χ3v) is 5.44. The van der Waals surface area contributed by atoms with Crippen LogP contribution < -0.4 is 10.0 Å². The van der Waals surface area contributed by atoms with E-state index < -0.39 is 10.0 Å². The van der Waals surface area contributed by atoms with Gasteiger partial charge in [0.2, 0.25) is 10.0 Å². The Bertz CT molecular complexity index is 498. The minimum absolute atomic E-state index is 0.391. The van der Waals surface area contributed by atoms with Crippen molar-refractivity contribution in [2.45, 2.75) is 38.1 Å². The molecule has 0 fully saturated rings. The minimum Gasteiger partial charge on any atom is -0.381 e. The summed E-state index contributed by atoms with van der Waals surface area (Å²) < 4.78 is 32.3. The molecule has 5 nitrogen and oxygen atoms in total. The van der Waals surface area contributed by atoms with Crippen LogP contribution in [0.15, 0.2) is 11.0 Å². The van der Waals surface area contributed by atoms with Crippen LogP contribution in [0.3, 0.4) is 0 Å². The predicted octanol–water partition coefficient (Wildman–Crippen LogP) is 1.87. The van der Waals surface area contributed by atoms with E-state index in [1.54, 1.807) is 6.07 Å². The van der Waals surface area contributed by atoms with Crippen molar-refractivity contribution >= 4 is 21.4 Å². The maximum atomic E-state index is 12.2. The third-order valence-electron chi connectivity index (χ3n) is 2.67. The molecule has 0 aliphatic heterocycles. The number of hydrogen-bond donors (Lipinski definition) is 2. The van der Waals surface area contributed by atoms with Gasteiger partial charge in [0.25, 0.3) is 0 Å². The molecule has 20 heavy (non-hydrogen) atoms. The summed E-state index contributed by atoms with van der Waals surface area (Å²) in [5, 5.41) is 3.03. The number of hydrogen-bond acceptors (Lipinski definition) is 5. The van der Waals surface area contributed by atoms with Gasteiger partial charge in [0.15, 0.2) is 0 Å². The lowest BCUT2D eigenvalue weighted by Crippen LogP contribution is -2.25. The van der Waals surface area contributed by atoms with Gasteiger partial charge in [-0.1, -0.05) is 6.92 Å². The monoisotopic (exact) mass is 320 g/mol. The van der Waals surface area contributed by atoms with Crippen LogP contribution in [0.25, 0.3) is 0 Å². The zero-order valence-corrected chi connectivity index (χ0v) is 14.0. The summed E-state index contributed by atoms with van der Waals surface area (Å²) in [6.45, 7) is 6.29. The number of aryl methyl sites for hydroxylation is 1. The fourth-order valence-electron chi connectivity index (χ4n) is 1.76. The van der Waals surface area contributed by atoms with Crippen LogP contribution in [-0.4, -0.2) is 35.2 Å². The van der Waals surface area contributed by atoms with E-state index in [1.807, 2.05) is 20.9 Å². The number of rotatable bonds is 10. The molecular weight excluding hydrogens is 296 g/mol. The van der Waals surface area contributed by atoms with Gasteiger partial charge in [-0.25, -0.2) is 13.1 Å². The molecule has 0 saturated carbocycles. The Morgan fingerprint density at radius 1 is 1.35 bits per heavy atom. The summed E-state index contributed by atoms with van der Waals surface area (Å²) in [4.78, 5) is 2.24. The molecule has 0 aromatic carbocycles. The molecule has 0 radical (unpaired) electrons. The van der Waals surface area contributed by atoms with Crippen LogP contribution >= 0.6 is 11.3 Å². The minimum atomic E-state index is -3.40. The van der Waals surface area contributed by atoms with E-state index in [9.17, 15) is 8.42 Å². The van der Waals surface area contributed by atoms with E-state index in [-0.39, 0.29) is 0 Å². The molecule has 2 N–H and O–H groups in total. The Labute approximate surface area is 125 Å². The number of thiophene rings is 1. The molecule has 0 aliphatic carbocycles. The van der Waals surface area contributed by atoms with Gasteiger partial charge in [0.05, 0.1) is 4.90 Å². The van der Waals surface area contributed by atoms with Crippen molar-refractivity contribution in [2.24, 2.45) is 0 Å². The zero-order valence-electron chi connectivity index (χ0n) is 12.4. The lowest BCUT2D eigenvalue weighted by Gasteiger charge is -2.06. The SMILES string of the molecule is CCCOCCCNS(=O)(=O)c1cc(CNC)sc1C. The molecule has 7 heteroatoms. The second-order valence-electron chi connectivity index (χ2n) is 4.53. The second kappa shape index (κ2) is 8.74. The molecule has 0 atom stereocenters. The maximum absolute atomic E-state index is 12.2. The lowest BCUT2D eigenvalue weighted by molar-refractivity contribution is 0.133. The van der Waals surface area contributed by atoms with Crippen LogP contribution in [0.4, 0.5) is 0 Å². The Hall–Kier alpha value is -0.470. The normalized spacial score (nSPS) is 11.9. The summed E-state index contributed by atoms with van der Waals surface area (Å²) in [5.74, 6) is 0. The summed E-state index contributed by atoms with van der Waals surface area (Å²) in [6, 6.07) is 1.74.